The smallest absolute Gasteiger partial charge is 0.290 e. The summed E-state index contributed by atoms with van der Waals surface area (Å²) < 4.78 is 7.82. The van der Waals surface area contributed by atoms with Crippen molar-refractivity contribution in [3.05, 3.63) is 12.0 Å². The van der Waals surface area contributed by atoms with E-state index < -0.39 is 0 Å². The molecule has 1 N–H and O–H groups in total. The molecule has 2 aliphatic rings. The van der Waals surface area contributed by atoms with Gasteiger partial charge in [0.1, 0.15) is 12.1 Å². The number of nitrogens with zero attached hydrogens (tertiary/aromatic N) is 6. The van der Waals surface area contributed by atoms with Crippen LogP contribution in [0.25, 0.3) is 11.0 Å². The topological polar surface area (TPSA) is 96.6 Å². The maximum absolute atomic E-state index is 8.36. The molecule has 0 spiro atoms. The summed E-state index contributed by atoms with van der Waals surface area (Å²) in [6.07, 6.45) is 4.95. The fourth-order valence-corrected chi connectivity index (χ4v) is 4.24. The lowest BCUT2D eigenvalue weighted by molar-refractivity contribution is -0.122. The molecule has 0 radical (unpaired) electrons. The summed E-state index contributed by atoms with van der Waals surface area (Å²) >= 11 is 0. The number of fused-ring (bicyclic) bond motifs is 2. The highest BCUT2D eigenvalue weighted by Gasteiger charge is 2.31. The molecule has 2 fully saturated rings. The molecule has 2 aromatic rings. The van der Waals surface area contributed by atoms with Crippen molar-refractivity contribution in [3.8, 4) is 0 Å². The molecule has 0 aromatic carbocycles. The Morgan fingerprint density at radius 2 is 2.10 bits per heavy atom. The van der Waals surface area contributed by atoms with Gasteiger partial charge in [0.05, 0.1) is 30.3 Å². The predicted molar refractivity (Wildman–Crippen MR) is 116 cm³/mol. The van der Waals surface area contributed by atoms with Crippen LogP contribution < -0.4 is 4.90 Å². The number of carbonyl (C=O) groups is 1. The molecule has 0 amide bonds. The number of anilines is 1. The highest BCUT2D eigenvalue weighted by molar-refractivity contribution is 5.90. The van der Waals surface area contributed by atoms with E-state index in [0.29, 0.717) is 12.0 Å². The number of ether oxygens (including phenoxy) is 1. The van der Waals surface area contributed by atoms with Crippen LogP contribution in [0.15, 0.2) is 6.33 Å². The van der Waals surface area contributed by atoms with E-state index >= 15 is 0 Å². The number of aryl methyl sites for hydroxylation is 1. The number of carboxylic acid groups (broad SMARTS) is 1. The molecule has 1 atom stereocenters. The van der Waals surface area contributed by atoms with Gasteiger partial charge in [-0.25, -0.2) is 14.6 Å². The van der Waals surface area contributed by atoms with Crippen molar-refractivity contribution in [1.29, 1.82) is 0 Å². The Balaban J connectivity index is 0.000000806. The number of hydrogen-bond acceptors (Lipinski definition) is 7. The number of rotatable bonds is 6. The molecule has 30 heavy (non-hydrogen) atoms. The molecule has 0 aliphatic carbocycles. The average molecular weight is 419 g/mol. The van der Waals surface area contributed by atoms with E-state index in [2.05, 4.69) is 40.2 Å². The van der Waals surface area contributed by atoms with Gasteiger partial charge >= 0.3 is 0 Å². The van der Waals surface area contributed by atoms with Crippen LogP contribution in [0, 0.1) is 5.92 Å². The van der Waals surface area contributed by atoms with E-state index in [0.717, 1.165) is 87.7 Å². The second-order valence-corrected chi connectivity index (χ2v) is 8.33. The van der Waals surface area contributed by atoms with Crippen molar-refractivity contribution in [1.82, 2.24) is 24.6 Å². The standard InChI is InChI=1S/C20H32N6O.CH2O2/c1-4-5-6-26-20-18(17(23-26)11-15(2)3)19(21-14-22-20)25-8-7-24-9-10-27-13-16(24)12-25;2-1-3/h14-16H,4-13H2,1-3H3;1H,(H,2,3). The Bertz CT molecular complexity index is 824. The third kappa shape index (κ3) is 5.07. The fourth-order valence-electron chi connectivity index (χ4n) is 4.24. The summed E-state index contributed by atoms with van der Waals surface area (Å²) in [5, 5.41) is 13.0. The molecule has 2 aliphatic heterocycles. The Hall–Kier alpha value is -2.26. The minimum absolute atomic E-state index is 0.250. The van der Waals surface area contributed by atoms with E-state index in [9.17, 15) is 0 Å². The largest absolute Gasteiger partial charge is 0.483 e. The highest BCUT2D eigenvalue weighted by Crippen LogP contribution is 2.30. The van der Waals surface area contributed by atoms with Crippen LogP contribution in [-0.2, 0) is 22.5 Å². The van der Waals surface area contributed by atoms with Crippen LogP contribution in [0.3, 0.4) is 0 Å². The van der Waals surface area contributed by atoms with Crippen molar-refractivity contribution in [2.24, 2.45) is 5.92 Å². The highest BCUT2D eigenvalue weighted by atomic mass is 16.5. The molecular formula is C21H34N6O3. The third-order valence-corrected chi connectivity index (χ3v) is 5.64. The molecule has 2 saturated heterocycles. The third-order valence-electron chi connectivity index (χ3n) is 5.64. The summed E-state index contributed by atoms with van der Waals surface area (Å²) in [6.45, 7) is 13.2. The summed E-state index contributed by atoms with van der Waals surface area (Å²) in [5.41, 5.74) is 2.14. The normalized spacial score (nSPS) is 19.5. The Morgan fingerprint density at radius 3 is 2.83 bits per heavy atom. The first-order chi connectivity index (χ1) is 14.6. The maximum Gasteiger partial charge on any atom is 0.290 e. The van der Waals surface area contributed by atoms with E-state index in [4.69, 9.17) is 24.7 Å². The molecule has 0 bridgehead atoms. The van der Waals surface area contributed by atoms with Crippen LogP contribution in [0.1, 0.15) is 39.3 Å². The van der Waals surface area contributed by atoms with Gasteiger partial charge in [0.2, 0.25) is 0 Å². The van der Waals surface area contributed by atoms with Gasteiger partial charge in [-0.3, -0.25) is 9.69 Å². The van der Waals surface area contributed by atoms with Crippen LogP contribution >= 0.6 is 0 Å². The van der Waals surface area contributed by atoms with Crippen LogP contribution in [0.4, 0.5) is 5.82 Å². The van der Waals surface area contributed by atoms with Gasteiger partial charge in [0, 0.05) is 32.7 Å². The van der Waals surface area contributed by atoms with Crippen LogP contribution in [-0.4, -0.2) is 81.7 Å². The minimum Gasteiger partial charge on any atom is -0.483 e. The Labute approximate surface area is 178 Å². The summed E-state index contributed by atoms with van der Waals surface area (Å²) in [7, 11) is 0. The van der Waals surface area contributed by atoms with Gasteiger partial charge in [-0.05, 0) is 18.8 Å². The quantitative estimate of drug-likeness (QED) is 0.712. The van der Waals surface area contributed by atoms with Gasteiger partial charge in [-0.15, -0.1) is 0 Å². The second kappa shape index (κ2) is 10.7. The monoisotopic (exact) mass is 418 g/mol. The predicted octanol–water partition coefficient (Wildman–Crippen LogP) is 2.05. The Morgan fingerprint density at radius 1 is 1.30 bits per heavy atom. The van der Waals surface area contributed by atoms with E-state index in [1.165, 1.54) is 0 Å². The molecule has 9 heteroatoms. The van der Waals surface area contributed by atoms with Crippen LogP contribution in [0.5, 0.6) is 0 Å². The van der Waals surface area contributed by atoms with E-state index in [1.54, 1.807) is 6.33 Å². The molecule has 2 aromatic heterocycles. The summed E-state index contributed by atoms with van der Waals surface area (Å²) in [5.74, 6) is 1.61. The zero-order chi connectivity index (χ0) is 21.5. The fraction of sp³-hybridized carbons (Fsp3) is 0.714. The number of hydrogen-bond donors (Lipinski definition) is 1. The van der Waals surface area contributed by atoms with Crippen LogP contribution in [0.2, 0.25) is 0 Å². The molecule has 0 saturated carbocycles. The molecule has 4 rings (SSSR count). The van der Waals surface area contributed by atoms with Gasteiger partial charge in [-0.2, -0.15) is 5.10 Å². The SMILES string of the molecule is CCCCn1nc(CC(C)C)c2c(N3CCN4CCOCC4C3)ncnc21.O=CO. The molecule has 9 nitrogen and oxygen atoms in total. The molecule has 166 valence electrons. The molecule has 4 heterocycles. The summed E-state index contributed by atoms with van der Waals surface area (Å²) in [6, 6.07) is 0.459. The first-order valence-corrected chi connectivity index (χ1v) is 10.9. The minimum atomic E-state index is -0.250. The zero-order valence-corrected chi connectivity index (χ0v) is 18.3. The number of morpholine rings is 1. The number of unbranched alkanes of at least 4 members (excludes halogenated alkanes) is 1. The first-order valence-electron chi connectivity index (χ1n) is 10.9. The van der Waals surface area contributed by atoms with Crippen molar-refractivity contribution in [3.63, 3.8) is 0 Å². The number of aromatic nitrogens is 4. The van der Waals surface area contributed by atoms with Crippen molar-refractivity contribution >= 4 is 23.3 Å². The van der Waals surface area contributed by atoms with Gasteiger partial charge in [0.15, 0.2) is 5.65 Å². The summed E-state index contributed by atoms with van der Waals surface area (Å²) in [4.78, 5) is 22.7. The van der Waals surface area contributed by atoms with E-state index in [-0.39, 0.29) is 6.47 Å². The zero-order valence-electron chi connectivity index (χ0n) is 18.3. The van der Waals surface area contributed by atoms with Crippen molar-refractivity contribution in [2.45, 2.75) is 52.6 Å². The van der Waals surface area contributed by atoms with Crippen molar-refractivity contribution in [2.75, 3.05) is 44.3 Å². The average Bonchev–Trinajstić information content (AvgIpc) is 3.09. The second-order valence-electron chi connectivity index (χ2n) is 8.33. The van der Waals surface area contributed by atoms with E-state index in [1.807, 2.05) is 0 Å². The molecular weight excluding hydrogens is 384 g/mol. The first kappa shape index (κ1) is 22.4. The maximum atomic E-state index is 8.36. The van der Waals surface area contributed by atoms with Gasteiger partial charge < -0.3 is 14.7 Å². The van der Waals surface area contributed by atoms with Gasteiger partial charge in [0.25, 0.3) is 6.47 Å². The Kier molecular flexibility index (Phi) is 7.98. The van der Waals surface area contributed by atoms with Gasteiger partial charge in [-0.1, -0.05) is 27.2 Å². The molecule has 1 unspecified atom stereocenters. The van der Waals surface area contributed by atoms with Crippen molar-refractivity contribution < 1.29 is 14.6 Å². The lowest BCUT2D eigenvalue weighted by atomic mass is 10.1. The lowest BCUT2D eigenvalue weighted by Gasteiger charge is -2.44. The number of piperazine rings is 1. The lowest BCUT2D eigenvalue weighted by Crippen LogP contribution is -2.58.